The van der Waals surface area contributed by atoms with E-state index in [2.05, 4.69) is 5.32 Å². The maximum Gasteiger partial charge on any atom is 0.326 e. The van der Waals surface area contributed by atoms with Gasteiger partial charge in [-0.25, -0.2) is 4.79 Å². The summed E-state index contributed by atoms with van der Waals surface area (Å²) in [7, 11) is 0. The number of aliphatic hydroxyl groups is 1. The van der Waals surface area contributed by atoms with Gasteiger partial charge in [-0.2, -0.15) is 0 Å². The largest absolute Gasteiger partial charge is 0.480 e. The molecular formula is C11H18N2O4. The summed E-state index contributed by atoms with van der Waals surface area (Å²) in [5.74, 6) is -1.13. The highest BCUT2D eigenvalue weighted by atomic mass is 16.4. The molecule has 4 atom stereocenters. The fourth-order valence-electron chi connectivity index (χ4n) is 2.65. The number of nitrogens with one attached hydrogen (secondary N) is 1. The third-order valence-corrected chi connectivity index (χ3v) is 3.68. The summed E-state index contributed by atoms with van der Waals surface area (Å²) < 4.78 is 0. The first-order valence-corrected chi connectivity index (χ1v) is 5.92. The summed E-state index contributed by atoms with van der Waals surface area (Å²) >= 11 is 0. The number of carboxylic acid groups (broad SMARTS) is 1. The van der Waals surface area contributed by atoms with E-state index in [0.29, 0.717) is 6.54 Å². The van der Waals surface area contributed by atoms with Gasteiger partial charge in [-0.1, -0.05) is 6.92 Å². The van der Waals surface area contributed by atoms with Crippen molar-refractivity contribution in [3.8, 4) is 0 Å². The first-order chi connectivity index (χ1) is 8.00. The van der Waals surface area contributed by atoms with E-state index in [0.717, 1.165) is 6.54 Å². The smallest absolute Gasteiger partial charge is 0.326 e. The summed E-state index contributed by atoms with van der Waals surface area (Å²) in [6.07, 6.45) is -0.583. The van der Waals surface area contributed by atoms with Gasteiger partial charge in [0.25, 0.3) is 0 Å². The summed E-state index contributed by atoms with van der Waals surface area (Å²) in [6.45, 7) is 3.49. The molecule has 0 aromatic heterocycles. The van der Waals surface area contributed by atoms with E-state index in [1.807, 2.05) is 6.92 Å². The van der Waals surface area contributed by atoms with Crippen LogP contribution in [0.1, 0.15) is 13.3 Å². The van der Waals surface area contributed by atoms with Crippen molar-refractivity contribution in [1.82, 2.24) is 10.2 Å². The van der Waals surface area contributed by atoms with Crippen molar-refractivity contribution >= 4 is 11.9 Å². The van der Waals surface area contributed by atoms with Gasteiger partial charge in [0.1, 0.15) is 6.04 Å². The Bertz CT molecular complexity index is 333. The van der Waals surface area contributed by atoms with E-state index in [4.69, 9.17) is 5.11 Å². The molecule has 2 unspecified atom stereocenters. The Kier molecular flexibility index (Phi) is 3.35. The Hall–Kier alpha value is -1.14. The molecule has 0 radical (unpaired) electrons. The molecule has 3 N–H and O–H groups in total. The van der Waals surface area contributed by atoms with Crippen molar-refractivity contribution in [3.05, 3.63) is 0 Å². The van der Waals surface area contributed by atoms with Crippen molar-refractivity contribution in [2.75, 3.05) is 19.6 Å². The molecule has 0 saturated carbocycles. The highest BCUT2D eigenvalue weighted by Gasteiger charge is 2.43. The summed E-state index contributed by atoms with van der Waals surface area (Å²) in [6, 6.07) is -0.870. The molecule has 6 heteroatoms. The lowest BCUT2D eigenvalue weighted by Crippen LogP contribution is -2.45. The number of nitrogens with zero attached hydrogens (tertiary/aromatic N) is 1. The minimum absolute atomic E-state index is 0.135. The molecule has 6 nitrogen and oxygen atoms in total. The summed E-state index contributed by atoms with van der Waals surface area (Å²) in [4.78, 5) is 24.6. The van der Waals surface area contributed by atoms with Crippen LogP contribution in [0.15, 0.2) is 0 Å². The quantitative estimate of drug-likeness (QED) is 0.571. The number of amides is 1. The molecule has 2 rings (SSSR count). The zero-order valence-electron chi connectivity index (χ0n) is 9.80. The molecule has 0 aromatic carbocycles. The van der Waals surface area contributed by atoms with Crippen molar-refractivity contribution in [1.29, 1.82) is 0 Å². The molecule has 2 heterocycles. The number of β-amino-alcohol motifs (C(OH)–C–C–N with tert-alkyl or cyclic N) is 1. The molecule has 2 aliphatic rings. The van der Waals surface area contributed by atoms with Gasteiger partial charge in [-0.15, -0.1) is 0 Å². The molecule has 17 heavy (non-hydrogen) atoms. The van der Waals surface area contributed by atoms with Crippen LogP contribution in [0.2, 0.25) is 0 Å². The highest BCUT2D eigenvalue weighted by Crippen LogP contribution is 2.25. The van der Waals surface area contributed by atoms with Gasteiger partial charge in [0, 0.05) is 19.5 Å². The van der Waals surface area contributed by atoms with Gasteiger partial charge in [0.05, 0.1) is 12.0 Å². The number of carbonyl (C=O) groups excluding carboxylic acids is 1. The molecule has 0 spiro atoms. The van der Waals surface area contributed by atoms with E-state index in [1.54, 1.807) is 0 Å². The van der Waals surface area contributed by atoms with E-state index in [-0.39, 0.29) is 30.7 Å². The van der Waals surface area contributed by atoms with Crippen LogP contribution in [0.3, 0.4) is 0 Å². The van der Waals surface area contributed by atoms with Crippen LogP contribution in [-0.4, -0.2) is 58.8 Å². The molecule has 0 bridgehead atoms. The average molecular weight is 242 g/mol. The van der Waals surface area contributed by atoms with Gasteiger partial charge in [0.2, 0.25) is 5.91 Å². The van der Waals surface area contributed by atoms with Crippen molar-refractivity contribution in [2.45, 2.75) is 25.5 Å². The minimum Gasteiger partial charge on any atom is -0.480 e. The van der Waals surface area contributed by atoms with E-state index < -0.39 is 18.1 Å². The fourth-order valence-corrected chi connectivity index (χ4v) is 2.65. The second-order valence-electron chi connectivity index (χ2n) is 4.98. The van der Waals surface area contributed by atoms with Crippen molar-refractivity contribution in [2.24, 2.45) is 11.8 Å². The number of hydrogen-bond donors (Lipinski definition) is 3. The van der Waals surface area contributed by atoms with Crippen molar-refractivity contribution in [3.63, 3.8) is 0 Å². The molecule has 2 aliphatic heterocycles. The molecule has 96 valence electrons. The lowest BCUT2D eigenvalue weighted by Gasteiger charge is -2.25. The molecule has 2 saturated heterocycles. The van der Waals surface area contributed by atoms with Gasteiger partial charge in [-0.3, -0.25) is 4.79 Å². The molecule has 1 amide bonds. The highest BCUT2D eigenvalue weighted by molar-refractivity contribution is 5.86. The van der Waals surface area contributed by atoms with Gasteiger partial charge < -0.3 is 20.4 Å². The van der Waals surface area contributed by atoms with Crippen LogP contribution in [0, 0.1) is 11.8 Å². The molecule has 0 aromatic rings. The maximum atomic E-state index is 12.2. The first kappa shape index (κ1) is 12.3. The summed E-state index contributed by atoms with van der Waals surface area (Å²) in [5.41, 5.74) is 0. The van der Waals surface area contributed by atoms with Crippen molar-refractivity contribution < 1.29 is 19.8 Å². The lowest BCUT2D eigenvalue weighted by atomic mass is 9.96. The third-order valence-electron chi connectivity index (χ3n) is 3.68. The second kappa shape index (κ2) is 4.62. The standard InChI is InChI=1S/C11H18N2O4/c1-6-3-12-4-8(6)10(15)13-5-7(14)2-9(13)11(16)17/h6-9,12,14H,2-5H2,1H3,(H,16,17)/t6-,7?,8-,9?/m1/s1. The predicted molar refractivity (Wildman–Crippen MR) is 59.3 cm³/mol. The number of carbonyl (C=O) groups is 2. The third kappa shape index (κ3) is 2.28. The number of rotatable bonds is 2. The Morgan fingerprint density at radius 1 is 1.35 bits per heavy atom. The van der Waals surface area contributed by atoms with Gasteiger partial charge >= 0.3 is 5.97 Å². The fraction of sp³-hybridized carbons (Fsp3) is 0.818. The Balaban J connectivity index is 2.10. The molecule has 0 aliphatic carbocycles. The van der Waals surface area contributed by atoms with Crippen LogP contribution < -0.4 is 5.32 Å². The van der Waals surface area contributed by atoms with Crippen LogP contribution in [0.4, 0.5) is 0 Å². The van der Waals surface area contributed by atoms with E-state index in [1.165, 1.54) is 4.90 Å². The lowest BCUT2D eigenvalue weighted by molar-refractivity contribution is -0.150. The first-order valence-electron chi connectivity index (χ1n) is 5.92. The normalized spacial score (nSPS) is 37.4. The Morgan fingerprint density at radius 3 is 2.59 bits per heavy atom. The van der Waals surface area contributed by atoms with Gasteiger partial charge in [0.15, 0.2) is 0 Å². The topological polar surface area (TPSA) is 89.9 Å². The summed E-state index contributed by atoms with van der Waals surface area (Å²) in [5, 5.41) is 21.7. The maximum absolute atomic E-state index is 12.2. The average Bonchev–Trinajstić information content (AvgIpc) is 2.83. The monoisotopic (exact) mass is 242 g/mol. The van der Waals surface area contributed by atoms with E-state index in [9.17, 15) is 14.7 Å². The zero-order chi connectivity index (χ0) is 12.6. The number of aliphatic hydroxyl groups excluding tert-OH is 1. The molecular weight excluding hydrogens is 224 g/mol. The number of hydrogen-bond acceptors (Lipinski definition) is 4. The van der Waals surface area contributed by atoms with Crippen LogP contribution in [-0.2, 0) is 9.59 Å². The number of carboxylic acids is 1. The second-order valence-corrected chi connectivity index (χ2v) is 4.98. The predicted octanol–water partition coefficient (Wildman–Crippen LogP) is -1.11. The number of likely N-dealkylation sites (tertiary alicyclic amines) is 1. The Labute approximate surface area is 99.6 Å². The zero-order valence-corrected chi connectivity index (χ0v) is 9.80. The van der Waals surface area contributed by atoms with E-state index >= 15 is 0 Å². The molecule has 2 fully saturated rings. The van der Waals surface area contributed by atoms with Gasteiger partial charge in [-0.05, 0) is 12.5 Å². The van der Waals surface area contributed by atoms with Crippen LogP contribution in [0.25, 0.3) is 0 Å². The van der Waals surface area contributed by atoms with Crippen LogP contribution >= 0.6 is 0 Å². The number of aliphatic carboxylic acids is 1. The van der Waals surface area contributed by atoms with Crippen LogP contribution in [0.5, 0.6) is 0 Å². The SMILES string of the molecule is C[C@@H]1CNC[C@H]1C(=O)N1CC(O)CC1C(=O)O. The minimum atomic E-state index is -1.03. The Morgan fingerprint density at radius 2 is 2.06 bits per heavy atom.